The van der Waals surface area contributed by atoms with Gasteiger partial charge in [-0.1, -0.05) is 112 Å². The highest BCUT2D eigenvalue weighted by Gasteiger charge is 2.20. The molecule has 0 fully saturated rings. The molecule has 166 valence electrons. The van der Waals surface area contributed by atoms with E-state index in [1.807, 2.05) is 0 Å². The van der Waals surface area contributed by atoms with Crippen molar-refractivity contribution in [2.45, 2.75) is 58.8 Å². The highest BCUT2D eigenvalue weighted by molar-refractivity contribution is 5.83. The summed E-state index contributed by atoms with van der Waals surface area (Å²) >= 11 is 0. The zero-order valence-corrected chi connectivity index (χ0v) is 20.0. The largest absolute Gasteiger partial charge is 0.0654 e. The van der Waals surface area contributed by atoms with Gasteiger partial charge in [0.15, 0.2) is 0 Å². The quantitative estimate of drug-likeness (QED) is 0.230. The second kappa shape index (κ2) is 9.79. The van der Waals surface area contributed by atoms with Crippen LogP contribution < -0.4 is 0 Å². The molecule has 0 N–H and O–H groups in total. The predicted molar refractivity (Wildman–Crippen MR) is 143 cm³/mol. The molecule has 5 rings (SSSR count). The third-order valence-electron chi connectivity index (χ3n) is 7.14. The lowest BCUT2D eigenvalue weighted by Gasteiger charge is -2.12. The summed E-state index contributed by atoms with van der Waals surface area (Å²) in [7, 11) is 0. The Kier molecular flexibility index (Phi) is 6.44. The Morgan fingerprint density at radius 2 is 0.970 bits per heavy atom. The van der Waals surface area contributed by atoms with E-state index in [4.69, 9.17) is 0 Å². The molecule has 0 heteroatoms. The molecule has 4 aromatic carbocycles. The van der Waals surface area contributed by atoms with E-state index in [1.54, 1.807) is 0 Å². The average Bonchev–Trinajstić information content (AvgIpc) is 3.23. The maximum Gasteiger partial charge on any atom is -0.00130 e. The molecule has 0 unspecified atom stereocenters. The summed E-state index contributed by atoms with van der Waals surface area (Å²) in [6.07, 6.45) is 8.30. The molecular weight excluding hydrogens is 396 g/mol. The van der Waals surface area contributed by atoms with Crippen molar-refractivity contribution in [1.29, 1.82) is 0 Å². The lowest BCUT2D eigenvalue weighted by Crippen LogP contribution is -1.91. The van der Waals surface area contributed by atoms with Gasteiger partial charge in [0.25, 0.3) is 0 Å². The minimum absolute atomic E-state index is 1.03. The molecule has 0 spiro atoms. The van der Waals surface area contributed by atoms with Gasteiger partial charge in [0.05, 0.1) is 0 Å². The van der Waals surface area contributed by atoms with Gasteiger partial charge in [0.2, 0.25) is 0 Å². The number of hydrogen-bond acceptors (Lipinski definition) is 0. The molecular formula is C33H34. The van der Waals surface area contributed by atoms with Crippen molar-refractivity contribution in [2.24, 2.45) is 0 Å². The molecule has 0 radical (unpaired) electrons. The molecule has 0 aliphatic heterocycles. The van der Waals surface area contributed by atoms with Crippen LogP contribution in [0, 0.1) is 0 Å². The Morgan fingerprint density at radius 1 is 0.515 bits per heavy atom. The number of aryl methyl sites for hydroxylation is 2. The van der Waals surface area contributed by atoms with Crippen LogP contribution in [0.1, 0.15) is 61.8 Å². The molecule has 0 bridgehead atoms. The van der Waals surface area contributed by atoms with Gasteiger partial charge in [-0.05, 0) is 87.7 Å². The SMILES string of the molecule is CCCCc1ccccc1-c1ccc2c(c1)Cc1cc(-c3ccccc3CCCC)ccc1-2. The van der Waals surface area contributed by atoms with Crippen LogP contribution >= 0.6 is 0 Å². The first-order valence-electron chi connectivity index (χ1n) is 12.7. The summed E-state index contributed by atoms with van der Waals surface area (Å²) in [5.41, 5.74) is 14.2. The second-order valence-corrected chi connectivity index (χ2v) is 9.44. The summed E-state index contributed by atoms with van der Waals surface area (Å²) in [5.74, 6) is 0. The van der Waals surface area contributed by atoms with Gasteiger partial charge in [-0.2, -0.15) is 0 Å². The first-order chi connectivity index (χ1) is 16.3. The monoisotopic (exact) mass is 430 g/mol. The fourth-order valence-corrected chi connectivity index (χ4v) is 5.32. The number of rotatable bonds is 8. The number of unbranched alkanes of at least 4 members (excludes halogenated alkanes) is 2. The van der Waals surface area contributed by atoms with Gasteiger partial charge in [0.1, 0.15) is 0 Å². The Labute approximate surface area is 199 Å². The Hall–Kier alpha value is -3.12. The van der Waals surface area contributed by atoms with Crippen molar-refractivity contribution < 1.29 is 0 Å². The second-order valence-electron chi connectivity index (χ2n) is 9.44. The van der Waals surface area contributed by atoms with E-state index in [9.17, 15) is 0 Å². The number of fused-ring (bicyclic) bond motifs is 3. The van der Waals surface area contributed by atoms with Crippen molar-refractivity contribution >= 4 is 0 Å². The molecule has 0 aromatic heterocycles. The minimum atomic E-state index is 1.03. The van der Waals surface area contributed by atoms with Crippen LogP contribution in [-0.4, -0.2) is 0 Å². The third-order valence-corrected chi connectivity index (χ3v) is 7.14. The molecule has 4 aromatic rings. The summed E-state index contributed by atoms with van der Waals surface area (Å²) in [6.45, 7) is 4.54. The van der Waals surface area contributed by atoms with Crippen molar-refractivity contribution in [3.63, 3.8) is 0 Å². The normalized spacial score (nSPS) is 11.9. The predicted octanol–water partition coefficient (Wildman–Crippen LogP) is 9.28. The fourth-order valence-electron chi connectivity index (χ4n) is 5.32. The average molecular weight is 431 g/mol. The summed E-state index contributed by atoms with van der Waals surface area (Å²) in [6, 6.07) is 32.1. The molecule has 0 saturated carbocycles. The third kappa shape index (κ3) is 4.40. The van der Waals surface area contributed by atoms with E-state index in [0.717, 1.165) is 19.3 Å². The van der Waals surface area contributed by atoms with Crippen LogP contribution in [0.4, 0.5) is 0 Å². The smallest absolute Gasteiger partial charge is 0.00130 e. The first kappa shape index (κ1) is 21.7. The molecule has 0 atom stereocenters. The van der Waals surface area contributed by atoms with Crippen LogP contribution in [0.15, 0.2) is 84.9 Å². The van der Waals surface area contributed by atoms with Gasteiger partial charge in [-0.25, -0.2) is 0 Å². The maximum absolute atomic E-state index is 2.44. The van der Waals surface area contributed by atoms with Crippen molar-refractivity contribution in [1.82, 2.24) is 0 Å². The fraction of sp³-hybridized carbons (Fsp3) is 0.273. The Morgan fingerprint density at radius 3 is 1.42 bits per heavy atom. The summed E-state index contributed by atoms with van der Waals surface area (Å²) in [4.78, 5) is 0. The highest BCUT2D eigenvalue weighted by atomic mass is 14.2. The van der Waals surface area contributed by atoms with Gasteiger partial charge in [0, 0.05) is 0 Å². The lowest BCUT2D eigenvalue weighted by molar-refractivity contribution is 0.796. The van der Waals surface area contributed by atoms with E-state index < -0.39 is 0 Å². The molecule has 0 nitrogen and oxygen atoms in total. The highest BCUT2D eigenvalue weighted by Crippen LogP contribution is 2.41. The molecule has 0 amide bonds. The van der Waals surface area contributed by atoms with Crippen LogP contribution in [-0.2, 0) is 19.3 Å². The molecule has 1 aliphatic carbocycles. The zero-order chi connectivity index (χ0) is 22.6. The number of benzene rings is 4. The number of hydrogen-bond donors (Lipinski definition) is 0. The molecule has 1 aliphatic rings. The van der Waals surface area contributed by atoms with Gasteiger partial charge >= 0.3 is 0 Å². The van der Waals surface area contributed by atoms with Crippen LogP contribution in [0.2, 0.25) is 0 Å². The first-order valence-corrected chi connectivity index (χ1v) is 12.7. The zero-order valence-electron chi connectivity index (χ0n) is 20.0. The van der Waals surface area contributed by atoms with Gasteiger partial charge < -0.3 is 0 Å². The summed E-state index contributed by atoms with van der Waals surface area (Å²) in [5, 5.41) is 0. The van der Waals surface area contributed by atoms with E-state index in [1.165, 1.54) is 81.3 Å². The molecule has 33 heavy (non-hydrogen) atoms. The topological polar surface area (TPSA) is 0 Å². The van der Waals surface area contributed by atoms with E-state index in [-0.39, 0.29) is 0 Å². The minimum Gasteiger partial charge on any atom is -0.0654 e. The van der Waals surface area contributed by atoms with E-state index in [2.05, 4.69) is 98.8 Å². The Bertz CT molecular complexity index is 1160. The standard InChI is InChI=1S/C33H34/c1-3-5-11-24-13-7-9-15-30(24)26-17-19-32-28(21-26)23-29-22-27(18-20-33(29)32)31-16-10-8-14-25(31)12-6-4-2/h7-10,13-22H,3-6,11-12,23H2,1-2H3. The summed E-state index contributed by atoms with van der Waals surface area (Å²) < 4.78 is 0. The maximum atomic E-state index is 2.44. The van der Waals surface area contributed by atoms with Crippen LogP contribution in [0.3, 0.4) is 0 Å². The van der Waals surface area contributed by atoms with Crippen molar-refractivity contribution in [2.75, 3.05) is 0 Å². The molecule has 0 heterocycles. The van der Waals surface area contributed by atoms with Crippen LogP contribution in [0.5, 0.6) is 0 Å². The van der Waals surface area contributed by atoms with Crippen LogP contribution in [0.25, 0.3) is 33.4 Å². The van der Waals surface area contributed by atoms with Gasteiger partial charge in [-0.15, -0.1) is 0 Å². The van der Waals surface area contributed by atoms with Gasteiger partial charge in [-0.3, -0.25) is 0 Å². The lowest BCUT2D eigenvalue weighted by atomic mass is 9.93. The van der Waals surface area contributed by atoms with E-state index >= 15 is 0 Å². The van der Waals surface area contributed by atoms with Crippen molar-refractivity contribution in [3.8, 4) is 33.4 Å². The molecule has 0 saturated heterocycles. The van der Waals surface area contributed by atoms with Crippen molar-refractivity contribution in [3.05, 3.63) is 107 Å². The Balaban J connectivity index is 1.46. The van der Waals surface area contributed by atoms with E-state index in [0.29, 0.717) is 0 Å².